The molecule has 0 atom stereocenters. The third-order valence-electron chi connectivity index (χ3n) is 2.93. The van der Waals surface area contributed by atoms with Gasteiger partial charge in [0.2, 0.25) is 0 Å². The van der Waals surface area contributed by atoms with E-state index in [-0.39, 0.29) is 11.5 Å². The maximum absolute atomic E-state index is 12.1. The van der Waals surface area contributed by atoms with Crippen molar-refractivity contribution in [2.75, 3.05) is 0 Å². The molecule has 2 rings (SSSR count). The molecule has 0 aliphatic carbocycles. The molecule has 0 amide bonds. The molecule has 2 aromatic carbocycles. The van der Waals surface area contributed by atoms with Gasteiger partial charge in [0.25, 0.3) is 5.69 Å². The lowest BCUT2D eigenvalue weighted by Gasteiger charge is -2.05. The Morgan fingerprint density at radius 1 is 1.16 bits per heavy atom. The molecule has 0 unspecified atom stereocenters. The summed E-state index contributed by atoms with van der Waals surface area (Å²) in [5.41, 5.74) is 2.11. The van der Waals surface area contributed by atoms with Gasteiger partial charge in [0.05, 0.1) is 4.92 Å². The molecule has 0 radical (unpaired) electrons. The first-order valence-electron chi connectivity index (χ1n) is 5.90. The number of hydrogen-bond acceptors (Lipinski definition) is 3. The number of carbonyl (C=O) groups excluding carboxylic acids is 1. The number of Topliss-reactive ketones (excluding diaryl/α,β-unsaturated/α-hetero) is 1. The zero-order valence-electron chi connectivity index (χ0n) is 10.5. The first kappa shape index (κ1) is 13.0. The molecular formula is C15H13NO3. The van der Waals surface area contributed by atoms with Crippen LogP contribution in [0, 0.1) is 17.0 Å². The Balaban J connectivity index is 2.22. The fourth-order valence-electron chi connectivity index (χ4n) is 1.95. The molecule has 0 saturated carbocycles. The van der Waals surface area contributed by atoms with Crippen LogP contribution in [0.5, 0.6) is 0 Å². The average Bonchev–Trinajstić information content (AvgIpc) is 2.39. The van der Waals surface area contributed by atoms with Gasteiger partial charge in [-0.15, -0.1) is 0 Å². The fraction of sp³-hybridized carbons (Fsp3) is 0.133. The van der Waals surface area contributed by atoms with Crippen molar-refractivity contribution in [3.63, 3.8) is 0 Å². The van der Waals surface area contributed by atoms with Gasteiger partial charge in [-0.2, -0.15) is 0 Å². The maximum Gasteiger partial charge on any atom is 0.269 e. The molecule has 0 bridgehead atoms. The summed E-state index contributed by atoms with van der Waals surface area (Å²) in [5.74, 6) is -0.0291. The highest BCUT2D eigenvalue weighted by molar-refractivity contribution is 5.99. The second-order valence-electron chi connectivity index (χ2n) is 4.34. The Morgan fingerprint density at radius 3 is 2.42 bits per heavy atom. The predicted molar refractivity (Wildman–Crippen MR) is 72.3 cm³/mol. The van der Waals surface area contributed by atoms with Crippen molar-refractivity contribution in [3.8, 4) is 0 Å². The number of rotatable bonds is 4. The van der Waals surface area contributed by atoms with Crippen LogP contribution in [0.15, 0.2) is 48.5 Å². The van der Waals surface area contributed by atoms with Crippen molar-refractivity contribution in [1.82, 2.24) is 0 Å². The van der Waals surface area contributed by atoms with Gasteiger partial charge in [0.1, 0.15) is 0 Å². The molecule has 0 heterocycles. The van der Waals surface area contributed by atoms with Crippen LogP contribution >= 0.6 is 0 Å². The van der Waals surface area contributed by atoms with E-state index in [4.69, 9.17) is 0 Å². The van der Waals surface area contributed by atoms with Gasteiger partial charge >= 0.3 is 0 Å². The minimum Gasteiger partial charge on any atom is -0.294 e. The zero-order valence-corrected chi connectivity index (χ0v) is 10.5. The molecule has 19 heavy (non-hydrogen) atoms. The number of hydrogen-bond donors (Lipinski definition) is 0. The molecular weight excluding hydrogens is 242 g/mol. The standard InChI is InChI=1S/C15H13NO3/c1-11-9-13(16(18)19)7-8-14(11)15(17)10-12-5-3-2-4-6-12/h2-9H,10H2,1H3. The SMILES string of the molecule is Cc1cc([N+](=O)[O-])ccc1C(=O)Cc1ccccc1. The molecule has 4 heteroatoms. The van der Waals surface area contributed by atoms with E-state index in [9.17, 15) is 14.9 Å². The Morgan fingerprint density at radius 2 is 1.84 bits per heavy atom. The molecule has 4 nitrogen and oxygen atoms in total. The maximum atomic E-state index is 12.1. The summed E-state index contributed by atoms with van der Waals surface area (Å²) < 4.78 is 0. The number of nitrogens with zero attached hydrogens (tertiary/aromatic N) is 1. The number of carbonyl (C=O) groups is 1. The number of nitro groups is 1. The van der Waals surface area contributed by atoms with E-state index in [2.05, 4.69) is 0 Å². The Hall–Kier alpha value is -2.49. The lowest BCUT2D eigenvalue weighted by Crippen LogP contribution is -2.06. The lowest BCUT2D eigenvalue weighted by atomic mass is 9.99. The summed E-state index contributed by atoms with van der Waals surface area (Å²) in [6.07, 6.45) is 0.305. The normalized spacial score (nSPS) is 10.2. The number of nitro benzene ring substituents is 1. The smallest absolute Gasteiger partial charge is 0.269 e. The summed E-state index contributed by atoms with van der Waals surface area (Å²) in [6, 6.07) is 13.8. The molecule has 0 aliphatic rings. The van der Waals surface area contributed by atoms with Crippen LogP contribution in [0.2, 0.25) is 0 Å². The molecule has 0 fully saturated rings. The molecule has 0 spiro atoms. The summed E-state index contributed by atoms with van der Waals surface area (Å²) in [7, 11) is 0. The van der Waals surface area contributed by atoms with Crippen molar-refractivity contribution in [3.05, 3.63) is 75.3 Å². The fourth-order valence-corrected chi connectivity index (χ4v) is 1.95. The van der Waals surface area contributed by atoms with Crippen molar-refractivity contribution in [1.29, 1.82) is 0 Å². The van der Waals surface area contributed by atoms with E-state index < -0.39 is 4.92 Å². The van der Waals surface area contributed by atoms with Gasteiger partial charge in [0, 0.05) is 24.1 Å². The van der Waals surface area contributed by atoms with E-state index in [1.165, 1.54) is 18.2 Å². The predicted octanol–water partition coefficient (Wildman–Crippen LogP) is 3.33. The largest absolute Gasteiger partial charge is 0.294 e. The second-order valence-corrected chi connectivity index (χ2v) is 4.34. The van der Waals surface area contributed by atoms with Crippen LogP contribution in [0.1, 0.15) is 21.5 Å². The number of aryl methyl sites for hydroxylation is 1. The Bertz CT molecular complexity index is 621. The average molecular weight is 255 g/mol. The second kappa shape index (κ2) is 5.44. The highest BCUT2D eigenvalue weighted by atomic mass is 16.6. The first-order chi connectivity index (χ1) is 9.08. The Kier molecular flexibility index (Phi) is 3.71. The van der Waals surface area contributed by atoms with Crippen molar-refractivity contribution < 1.29 is 9.72 Å². The van der Waals surface area contributed by atoms with E-state index in [1.54, 1.807) is 6.92 Å². The molecule has 2 aromatic rings. The highest BCUT2D eigenvalue weighted by Gasteiger charge is 2.13. The summed E-state index contributed by atoms with van der Waals surface area (Å²) in [6.45, 7) is 1.71. The summed E-state index contributed by atoms with van der Waals surface area (Å²) in [4.78, 5) is 22.3. The van der Waals surface area contributed by atoms with Gasteiger partial charge < -0.3 is 0 Å². The van der Waals surface area contributed by atoms with Gasteiger partial charge in [-0.25, -0.2) is 0 Å². The van der Waals surface area contributed by atoms with Crippen LogP contribution < -0.4 is 0 Å². The minimum atomic E-state index is -0.460. The third-order valence-corrected chi connectivity index (χ3v) is 2.93. The van der Waals surface area contributed by atoms with Crippen LogP contribution in [-0.2, 0) is 6.42 Å². The first-order valence-corrected chi connectivity index (χ1v) is 5.90. The van der Waals surface area contributed by atoms with E-state index in [0.29, 0.717) is 17.5 Å². The number of ketones is 1. The zero-order chi connectivity index (χ0) is 13.8. The van der Waals surface area contributed by atoms with Gasteiger partial charge in [-0.3, -0.25) is 14.9 Å². The van der Waals surface area contributed by atoms with E-state index in [0.717, 1.165) is 5.56 Å². The van der Waals surface area contributed by atoms with Crippen molar-refractivity contribution in [2.24, 2.45) is 0 Å². The molecule has 0 aliphatic heterocycles. The summed E-state index contributed by atoms with van der Waals surface area (Å²) >= 11 is 0. The van der Waals surface area contributed by atoms with E-state index >= 15 is 0 Å². The molecule has 0 N–H and O–H groups in total. The molecule has 96 valence electrons. The van der Waals surface area contributed by atoms with Gasteiger partial charge in [-0.1, -0.05) is 30.3 Å². The number of benzene rings is 2. The molecule has 0 aromatic heterocycles. The van der Waals surface area contributed by atoms with Gasteiger partial charge in [0.15, 0.2) is 5.78 Å². The quantitative estimate of drug-likeness (QED) is 0.478. The number of non-ortho nitro benzene ring substituents is 1. The van der Waals surface area contributed by atoms with Crippen LogP contribution in [0.3, 0.4) is 0 Å². The third kappa shape index (κ3) is 3.04. The highest BCUT2D eigenvalue weighted by Crippen LogP contribution is 2.18. The van der Waals surface area contributed by atoms with Crippen LogP contribution in [0.25, 0.3) is 0 Å². The van der Waals surface area contributed by atoms with Crippen molar-refractivity contribution in [2.45, 2.75) is 13.3 Å². The monoisotopic (exact) mass is 255 g/mol. The Labute approximate surface area is 110 Å². The topological polar surface area (TPSA) is 60.2 Å². The molecule has 0 saturated heterocycles. The minimum absolute atomic E-state index is 0.00811. The van der Waals surface area contributed by atoms with Crippen LogP contribution in [-0.4, -0.2) is 10.7 Å². The van der Waals surface area contributed by atoms with Crippen molar-refractivity contribution >= 4 is 11.5 Å². The van der Waals surface area contributed by atoms with Gasteiger partial charge in [-0.05, 0) is 24.1 Å². The van der Waals surface area contributed by atoms with E-state index in [1.807, 2.05) is 30.3 Å². The summed E-state index contributed by atoms with van der Waals surface area (Å²) in [5, 5.41) is 10.6. The lowest BCUT2D eigenvalue weighted by molar-refractivity contribution is -0.384. The van der Waals surface area contributed by atoms with Crippen LogP contribution in [0.4, 0.5) is 5.69 Å².